The molecule has 0 N–H and O–H groups in total. The summed E-state index contributed by atoms with van der Waals surface area (Å²) in [7, 11) is 7.44. The van der Waals surface area contributed by atoms with E-state index < -0.39 is 0 Å². The van der Waals surface area contributed by atoms with Crippen LogP contribution in [0.4, 0.5) is 0 Å². The second kappa shape index (κ2) is 8.67. The smallest absolute Gasteiger partial charge is 0.264 e. The molecule has 144 valence electrons. The van der Waals surface area contributed by atoms with Gasteiger partial charge in [0.2, 0.25) is 0 Å². The lowest BCUT2D eigenvalue weighted by molar-refractivity contribution is 0.448. The van der Waals surface area contributed by atoms with Crippen molar-refractivity contribution in [1.82, 2.24) is 9.80 Å². The molecular formula is C21H26N2O2S2. The highest BCUT2D eigenvalue weighted by Crippen LogP contribution is 2.33. The van der Waals surface area contributed by atoms with Crippen LogP contribution in [0.15, 0.2) is 48.5 Å². The predicted molar refractivity (Wildman–Crippen MR) is 119 cm³/mol. The van der Waals surface area contributed by atoms with Crippen LogP contribution in [0.1, 0.15) is 25.0 Å². The van der Waals surface area contributed by atoms with E-state index in [9.17, 15) is 0 Å². The molecule has 0 aliphatic rings. The van der Waals surface area contributed by atoms with Crippen molar-refractivity contribution < 1.29 is 9.47 Å². The molecule has 2 aromatic carbocycles. The fraction of sp³-hybridized carbons (Fsp3) is 0.333. The maximum atomic E-state index is 5.65. The Morgan fingerprint density at radius 3 is 1.22 bits per heavy atom. The van der Waals surface area contributed by atoms with E-state index in [0.717, 1.165) is 11.5 Å². The van der Waals surface area contributed by atoms with Crippen LogP contribution < -0.4 is 9.47 Å². The van der Waals surface area contributed by atoms with Crippen molar-refractivity contribution in [1.29, 1.82) is 0 Å². The molecule has 6 heteroatoms. The Labute approximate surface area is 172 Å². The summed E-state index contributed by atoms with van der Waals surface area (Å²) in [5.74, 6) is 1.46. The van der Waals surface area contributed by atoms with E-state index in [0.29, 0.717) is 10.3 Å². The molecule has 4 nitrogen and oxygen atoms in total. The summed E-state index contributed by atoms with van der Waals surface area (Å²) in [6, 6.07) is 16.1. The molecule has 0 fully saturated rings. The maximum absolute atomic E-state index is 5.65. The van der Waals surface area contributed by atoms with Gasteiger partial charge < -0.3 is 19.3 Å². The van der Waals surface area contributed by atoms with E-state index in [1.165, 1.54) is 11.1 Å². The van der Waals surface area contributed by atoms with Gasteiger partial charge in [0.15, 0.2) is 0 Å². The first-order valence-electron chi connectivity index (χ1n) is 8.60. The third-order valence-electron chi connectivity index (χ3n) is 4.29. The van der Waals surface area contributed by atoms with Gasteiger partial charge in [-0.1, -0.05) is 38.1 Å². The molecule has 0 aliphatic carbocycles. The minimum Gasteiger partial charge on any atom is -0.432 e. The number of rotatable bonds is 4. The summed E-state index contributed by atoms with van der Waals surface area (Å²) < 4.78 is 11.3. The van der Waals surface area contributed by atoms with Crippen molar-refractivity contribution in [2.75, 3.05) is 28.2 Å². The molecule has 0 saturated carbocycles. The van der Waals surface area contributed by atoms with Crippen LogP contribution in [0.3, 0.4) is 0 Å². The monoisotopic (exact) mass is 402 g/mol. The standard InChI is InChI=1S/C21H26N2O2S2/c1-21(2,15-7-11-17(12-8-15)24-19(26)22(3)4)16-9-13-18(14-10-16)25-20(27)23(5)6/h7-14H,1-6H3. The van der Waals surface area contributed by atoms with Crippen LogP contribution in [0, 0.1) is 0 Å². The lowest BCUT2D eigenvalue weighted by Crippen LogP contribution is -2.25. The van der Waals surface area contributed by atoms with Crippen molar-refractivity contribution >= 4 is 34.8 Å². The lowest BCUT2D eigenvalue weighted by Gasteiger charge is -2.26. The number of ether oxygens (including phenoxy) is 2. The summed E-state index contributed by atoms with van der Waals surface area (Å²) in [5.41, 5.74) is 2.20. The average Bonchev–Trinajstić information content (AvgIpc) is 2.62. The number of nitrogens with zero attached hydrogens (tertiary/aromatic N) is 2. The van der Waals surface area contributed by atoms with Crippen molar-refractivity contribution in [3.05, 3.63) is 59.7 Å². The van der Waals surface area contributed by atoms with Gasteiger partial charge in [0, 0.05) is 33.6 Å². The summed E-state index contributed by atoms with van der Waals surface area (Å²) in [6.45, 7) is 4.38. The van der Waals surface area contributed by atoms with E-state index >= 15 is 0 Å². The molecule has 0 aliphatic heterocycles. The molecule has 2 aromatic rings. The molecule has 27 heavy (non-hydrogen) atoms. The van der Waals surface area contributed by atoms with Gasteiger partial charge in [0.1, 0.15) is 11.5 Å². The van der Waals surface area contributed by atoms with E-state index in [1.54, 1.807) is 9.80 Å². The van der Waals surface area contributed by atoms with Gasteiger partial charge in [-0.25, -0.2) is 0 Å². The van der Waals surface area contributed by atoms with Crippen LogP contribution in [-0.2, 0) is 5.41 Å². The summed E-state index contributed by atoms with van der Waals surface area (Å²) >= 11 is 10.4. The number of thiocarbonyl (C=S) groups is 2. The zero-order chi connectivity index (χ0) is 20.2. The van der Waals surface area contributed by atoms with E-state index in [2.05, 4.69) is 38.1 Å². The molecule has 0 atom stereocenters. The van der Waals surface area contributed by atoms with Crippen LogP contribution in [-0.4, -0.2) is 48.3 Å². The second-order valence-corrected chi connectivity index (χ2v) is 7.90. The van der Waals surface area contributed by atoms with Gasteiger partial charge in [-0.05, 0) is 59.8 Å². The zero-order valence-corrected chi connectivity index (χ0v) is 18.3. The Morgan fingerprint density at radius 1 is 0.667 bits per heavy atom. The fourth-order valence-electron chi connectivity index (χ4n) is 2.43. The molecule has 0 amide bonds. The Bertz CT molecular complexity index is 730. The van der Waals surface area contributed by atoms with Gasteiger partial charge in [-0.3, -0.25) is 0 Å². The van der Waals surface area contributed by atoms with E-state index in [4.69, 9.17) is 33.9 Å². The van der Waals surface area contributed by atoms with Crippen molar-refractivity contribution in [2.45, 2.75) is 19.3 Å². The summed E-state index contributed by atoms with van der Waals surface area (Å²) in [5, 5.41) is 0.876. The Hall–Kier alpha value is -2.18. The molecule has 0 radical (unpaired) electrons. The number of benzene rings is 2. The summed E-state index contributed by atoms with van der Waals surface area (Å²) in [6.07, 6.45) is 0. The predicted octanol–water partition coefficient (Wildman–Crippen LogP) is 4.46. The minimum absolute atomic E-state index is 0.166. The van der Waals surface area contributed by atoms with Gasteiger partial charge >= 0.3 is 0 Å². The van der Waals surface area contributed by atoms with Gasteiger partial charge in [-0.2, -0.15) is 0 Å². The van der Waals surface area contributed by atoms with Gasteiger partial charge in [-0.15, -0.1) is 0 Å². The van der Waals surface area contributed by atoms with E-state index in [-0.39, 0.29) is 5.41 Å². The average molecular weight is 403 g/mol. The van der Waals surface area contributed by atoms with Crippen LogP contribution in [0.25, 0.3) is 0 Å². The van der Waals surface area contributed by atoms with Gasteiger partial charge in [0.25, 0.3) is 10.3 Å². The second-order valence-electron chi connectivity index (χ2n) is 7.20. The maximum Gasteiger partial charge on any atom is 0.264 e. The highest BCUT2D eigenvalue weighted by Gasteiger charge is 2.23. The first-order chi connectivity index (χ1) is 12.6. The van der Waals surface area contributed by atoms with Crippen LogP contribution in [0.5, 0.6) is 11.5 Å². The summed E-state index contributed by atoms with van der Waals surface area (Å²) in [4.78, 5) is 3.53. The lowest BCUT2D eigenvalue weighted by atomic mass is 9.78. The highest BCUT2D eigenvalue weighted by molar-refractivity contribution is 7.80. The van der Waals surface area contributed by atoms with Crippen molar-refractivity contribution in [3.63, 3.8) is 0 Å². The number of hydrogen-bond acceptors (Lipinski definition) is 4. The third-order valence-corrected chi connectivity index (χ3v) is 5.19. The highest BCUT2D eigenvalue weighted by atomic mass is 32.1. The van der Waals surface area contributed by atoms with Crippen LogP contribution >= 0.6 is 24.4 Å². The largest absolute Gasteiger partial charge is 0.432 e. The van der Waals surface area contributed by atoms with Crippen molar-refractivity contribution in [3.8, 4) is 11.5 Å². The van der Waals surface area contributed by atoms with E-state index in [1.807, 2.05) is 52.5 Å². The zero-order valence-electron chi connectivity index (χ0n) is 16.6. The fourth-order valence-corrected chi connectivity index (χ4v) is 2.62. The molecule has 0 saturated heterocycles. The third kappa shape index (κ3) is 5.40. The van der Waals surface area contributed by atoms with Crippen molar-refractivity contribution in [2.24, 2.45) is 0 Å². The number of hydrogen-bond donors (Lipinski definition) is 0. The minimum atomic E-state index is -0.166. The molecule has 0 spiro atoms. The van der Waals surface area contributed by atoms with Crippen LogP contribution in [0.2, 0.25) is 0 Å². The molecule has 0 aromatic heterocycles. The Kier molecular flexibility index (Phi) is 6.78. The molecular weight excluding hydrogens is 376 g/mol. The first-order valence-corrected chi connectivity index (χ1v) is 9.42. The topological polar surface area (TPSA) is 24.9 Å². The molecule has 2 rings (SSSR count). The SMILES string of the molecule is CN(C)C(=S)Oc1ccc(C(C)(C)c2ccc(OC(=S)N(C)C)cc2)cc1. The molecule has 0 bridgehead atoms. The molecule has 0 heterocycles. The molecule has 0 unspecified atom stereocenters. The first kappa shape index (κ1) is 21.1. The normalized spacial score (nSPS) is 10.9. The van der Waals surface area contributed by atoms with Gasteiger partial charge in [0.05, 0.1) is 0 Å². The Balaban J connectivity index is 2.15. The Morgan fingerprint density at radius 2 is 0.963 bits per heavy atom. The quantitative estimate of drug-likeness (QED) is 0.700.